The van der Waals surface area contributed by atoms with Crippen LogP contribution in [0.3, 0.4) is 0 Å². The van der Waals surface area contributed by atoms with Crippen LogP contribution >= 0.6 is 24.0 Å². The van der Waals surface area contributed by atoms with Gasteiger partial charge in [0.15, 0.2) is 11.8 Å². The van der Waals surface area contributed by atoms with E-state index in [4.69, 9.17) is 4.74 Å². The molecule has 0 aliphatic carbocycles. The van der Waals surface area contributed by atoms with E-state index in [-0.39, 0.29) is 29.5 Å². The molecule has 0 radical (unpaired) electrons. The SMILES string of the molecule is COCCNC(=NCc1nnc(C)n1C)NCC(C)(C)N1CCCCC1.I. The number of piperidine rings is 1. The third kappa shape index (κ3) is 7.53. The maximum atomic E-state index is 5.14. The number of methoxy groups -OCH3 is 1. The molecule has 2 N–H and O–H groups in total. The second kappa shape index (κ2) is 11.8. The Morgan fingerprint density at radius 3 is 2.48 bits per heavy atom. The van der Waals surface area contributed by atoms with Gasteiger partial charge in [-0.15, -0.1) is 34.2 Å². The number of ether oxygens (including phenoxy) is 1. The Hall–Kier alpha value is -0.940. The van der Waals surface area contributed by atoms with Gasteiger partial charge in [-0.25, -0.2) is 4.99 Å². The van der Waals surface area contributed by atoms with Crippen LogP contribution in [0.2, 0.25) is 0 Å². The van der Waals surface area contributed by atoms with E-state index in [2.05, 4.69) is 44.6 Å². The predicted octanol–water partition coefficient (Wildman–Crippen LogP) is 1.69. The Balaban J connectivity index is 0.00000364. The van der Waals surface area contributed by atoms with Crippen LogP contribution < -0.4 is 10.6 Å². The number of aryl methyl sites for hydroxylation is 1. The Labute approximate surface area is 180 Å². The number of aromatic nitrogens is 3. The summed E-state index contributed by atoms with van der Waals surface area (Å²) in [6, 6.07) is 0. The molecule has 0 unspecified atom stereocenters. The molecule has 0 amide bonds. The van der Waals surface area contributed by atoms with Gasteiger partial charge in [-0.1, -0.05) is 6.42 Å². The van der Waals surface area contributed by atoms with E-state index in [1.807, 2.05) is 18.5 Å². The number of hydrogen-bond donors (Lipinski definition) is 2. The second-order valence-electron chi connectivity index (χ2n) is 7.52. The first-order valence-corrected chi connectivity index (χ1v) is 9.55. The lowest BCUT2D eigenvalue weighted by Crippen LogP contribution is -2.55. The van der Waals surface area contributed by atoms with Gasteiger partial charge in [0.2, 0.25) is 0 Å². The van der Waals surface area contributed by atoms with Crippen molar-refractivity contribution in [3.05, 3.63) is 11.6 Å². The smallest absolute Gasteiger partial charge is 0.191 e. The molecule has 9 heteroatoms. The number of nitrogens with zero attached hydrogens (tertiary/aromatic N) is 5. The van der Waals surface area contributed by atoms with Gasteiger partial charge >= 0.3 is 0 Å². The third-order valence-electron chi connectivity index (χ3n) is 5.06. The van der Waals surface area contributed by atoms with Crippen LogP contribution in [0.4, 0.5) is 0 Å². The molecule has 0 aromatic carbocycles. The van der Waals surface area contributed by atoms with E-state index in [0.29, 0.717) is 19.7 Å². The molecular weight excluding hydrogens is 457 g/mol. The summed E-state index contributed by atoms with van der Waals surface area (Å²) in [6.45, 7) is 11.6. The fourth-order valence-corrected chi connectivity index (χ4v) is 3.10. The van der Waals surface area contributed by atoms with Crippen molar-refractivity contribution in [1.29, 1.82) is 0 Å². The number of nitrogens with one attached hydrogen (secondary N) is 2. The van der Waals surface area contributed by atoms with Crippen LogP contribution in [0.5, 0.6) is 0 Å². The van der Waals surface area contributed by atoms with Crippen molar-refractivity contribution in [3.8, 4) is 0 Å². The maximum Gasteiger partial charge on any atom is 0.191 e. The van der Waals surface area contributed by atoms with Crippen molar-refractivity contribution >= 4 is 29.9 Å². The molecular formula is C18H36IN7O. The summed E-state index contributed by atoms with van der Waals surface area (Å²) in [6.07, 6.45) is 3.94. The first-order chi connectivity index (χ1) is 12.4. The minimum Gasteiger partial charge on any atom is -0.383 e. The van der Waals surface area contributed by atoms with Crippen molar-refractivity contribution < 1.29 is 4.74 Å². The predicted molar refractivity (Wildman–Crippen MR) is 120 cm³/mol. The average Bonchev–Trinajstić information content (AvgIpc) is 2.96. The summed E-state index contributed by atoms with van der Waals surface area (Å²) < 4.78 is 7.10. The van der Waals surface area contributed by atoms with Gasteiger partial charge in [0.05, 0.1) is 6.61 Å². The van der Waals surface area contributed by atoms with Gasteiger partial charge in [0.1, 0.15) is 12.4 Å². The molecule has 0 spiro atoms. The zero-order valence-electron chi connectivity index (χ0n) is 17.4. The van der Waals surface area contributed by atoms with E-state index in [0.717, 1.165) is 24.2 Å². The normalized spacial score (nSPS) is 16.1. The Kier molecular flexibility index (Phi) is 10.5. The lowest BCUT2D eigenvalue weighted by atomic mass is 9.98. The molecule has 1 saturated heterocycles. The van der Waals surface area contributed by atoms with Crippen LogP contribution in [0, 0.1) is 6.92 Å². The lowest BCUT2D eigenvalue weighted by Gasteiger charge is -2.41. The summed E-state index contributed by atoms with van der Waals surface area (Å²) in [4.78, 5) is 7.26. The summed E-state index contributed by atoms with van der Waals surface area (Å²) in [5.74, 6) is 2.53. The monoisotopic (exact) mass is 493 g/mol. The van der Waals surface area contributed by atoms with E-state index < -0.39 is 0 Å². The number of rotatable bonds is 8. The third-order valence-corrected chi connectivity index (χ3v) is 5.06. The van der Waals surface area contributed by atoms with E-state index in [9.17, 15) is 0 Å². The van der Waals surface area contributed by atoms with Gasteiger partial charge in [-0.3, -0.25) is 4.90 Å². The zero-order chi connectivity index (χ0) is 19.0. The highest BCUT2D eigenvalue weighted by molar-refractivity contribution is 14.0. The number of halogens is 1. The number of guanidine groups is 1. The molecule has 8 nitrogen and oxygen atoms in total. The van der Waals surface area contributed by atoms with Gasteiger partial charge in [0, 0.05) is 32.8 Å². The lowest BCUT2D eigenvalue weighted by molar-refractivity contribution is 0.0982. The largest absolute Gasteiger partial charge is 0.383 e. The fourth-order valence-electron chi connectivity index (χ4n) is 3.10. The number of likely N-dealkylation sites (tertiary alicyclic amines) is 1. The van der Waals surface area contributed by atoms with Crippen molar-refractivity contribution in [2.75, 3.05) is 39.9 Å². The van der Waals surface area contributed by atoms with Crippen LogP contribution in [-0.4, -0.2) is 71.1 Å². The highest BCUT2D eigenvalue weighted by Gasteiger charge is 2.27. The Bertz CT molecular complexity index is 582. The highest BCUT2D eigenvalue weighted by atomic mass is 127. The van der Waals surface area contributed by atoms with Crippen LogP contribution in [0.15, 0.2) is 4.99 Å². The highest BCUT2D eigenvalue weighted by Crippen LogP contribution is 2.19. The molecule has 1 aliphatic rings. The minimum absolute atomic E-state index is 0. The molecule has 27 heavy (non-hydrogen) atoms. The molecule has 2 heterocycles. The molecule has 1 fully saturated rings. The topological polar surface area (TPSA) is 79.6 Å². The average molecular weight is 493 g/mol. The van der Waals surface area contributed by atoms with Crippen LogP contribution in [0.1, 0.15) is 44.8 Å². The summed E-state index contributed by atoms with van der Waals surface area (Å²) in [7, 11) is 3.67. The number of aliphatic imine (C=N–C) groups is 1. The first-order valence-electron chi connectivity index (χ1n) is 9.55. The van der Waals surface area contributed by atoms with E-state index >= 15 is 0 Å². The minimum atomic E-state index is 0. The molecule has 2 rings (SSSR count). The van der Waals surface area contributed by atoms with E-state index in [1.54, 1.807) is 7.11 Å². The van der Waals surface area contributed by atoms with E-state index in [1.165, 1.54) is 32.4 Å². The molecule has 0 atom stereocenters. The zero-order valence-corrected chi connectivity index (χ0v) is 19.7. The molecule has 1 aromatic heterocycles. The van der Waals surface area contributed by atoms with Crippen molar-refractivity contribution in [1.82, 2.24) is 30.3 Å². The number of hydrogen-bond acceptors (Lipinski definition) is 5. The van der Waals surface area contributed by atoms with Crippen LogP contribution in [0.25, 0.3) is 0 Å². The fraction of sp³-hybridized carbons (Fsp3) is 0.833. The quantitative estimate of drug-likeness (QED) is 0.249. The van der Waals surface area contributed by atoms with Gasteiger partial charge in [-0.05, 0) is 46.7 Å². The van der Waals surface area contributed by atoms with Gasteiger partial charge in [-0.2, -0.15) is 0 Å². The maximum absolute atomic E-state index is 5.14. The molecule has 156 valence electrons. The second-order valence-corrected chi connectivity index (χ2v) is 7.52. The standard InChI is InChI=1S/C18H35N7O.HI/c1-15-22-23-16(24(15)4)13-20-17(19-9-12-26-5)21-14-18(2,3)25-10-7-6-8-11-25;/h6-14H2,1-5H3,(H2,19,20,21);1H. The van der Waals surface area contributed by atoms with Crippen molar-refractivity contribution in [2.24, 2.45) is 12.0 Å². The summed E-state index contributed by atoms with van der Waals surface area (Å²) in [5.41, 5.74) is 0.0888. The van der Waals surface area contributed by atoms with Gasteiger partial charge in [0.25, 0.3) is 0 Å². The van der Waals surface area contributed by atoms with Crippen molar-refractivity contribution in [3.63, 3.8) is 0 Å². The summed E-state index contributed by atoms with van der Waals surface area (Å²) >= 11 is 0. The van der Waals surface area contributed by atoms with Gasteiger partial charge < -0.3 is 19.9 Å². The molecule has 0 saturated carbocycles. The molecule has 1 aromatic rings. The summed E-state index contributed by atoms with van der Waals surface area (Å²) in [5, 5.41) is 15.1. The Morgan fingerprint density at radius 1 is 1.19 bits per heavy atom. The molecule has 0 bridgehead atoms. The Morgan fingerprint density at radius 2 is 1.89 bits per heavy atom. The molecule has 1 aliphatic heterocycles. The first kappa shape index (κ1) is 24.1. The van der Waals surface area contributed by atoms with Crippen molar-refractivity contribution in [2.45, 2.75) is 52.1 Å². The van der Waals surface area contributed by atoms with Crippen LogP contribution in [-0.2, 0) is 18.3 Å².